The van der Waals surface area contributed by atoms with Crippen LogP contribution >= 0.6 is 11.6 Å². The molecule has 0 aliphatic heterocycles. The van der Waals surface area contributed by atoms with Crippen molar-refractivity contribution < 1.29 is 9.53 Å². The lowest BCUT2D eigenvalue weighted by Gasteiger charge is -2.22. The van der Waals surface area contributed by atoms with Crippen LogP contribution in [0.4, 0.5) is 0 Å². The third-order valence-corrected chi connectivity index (χ3v) is 3.02. The molecule has 4 heteroatoms. The Morgan fingerprint density at radius 2 is 2.11 bits per heavy atom. The normalized spacial score (nSPS) is 17.7. The van der Waals surface area contributed by atoms with Gasteiger partial charge in [0.2, 0.25) is 0 Å². The summed E-state index contributed by atoms with van der Waals surface area (Å²) in [4.78, 5) is 11.7. The second kappa shape index (κ2) is 8.81. The van der Waals surface area contributed by atoms with E-state index < -0.39 is 0 Å². The minimum atomic E-state index is -0.0792. The largest absolute Gasteiger partial charge is 0.484 e. The number of halogens is 1. The number of nitrogens with one attached hydrogen (secondary N) is 1. The molecule has 0 saturated heterocycles. The van der Waals surface area contributed by atoms with Gasteiger partial charge in [0.25, 0.3) is 5.91 Å². The van der Waals surface area contributed by atoms with E-state index in [9.17, 15) is 4.79 Å². The van der Waals surface area contributed by atoms with E-state index in [2.05, 4.69) is 11.9 Å². The van der Waals surface area contributed by atoms with Crippen LogP contribution < -0.4 is 5.32 Å². The molecule has 0 aromatic heterocycles. The maximum atomic E-state index is 11.7. The molecule has 1 amide bonds. The van der Waals surface area contributed by atoms with E-state index in [1.54, 1.807) is 18.2 Å². The van der Waals surface area contributed by atoms with E-state index in [1.165, 1.54) is 24.8 Å². The number of hydrogen-bond donors (Lipinski definition) is 1. The summed E-state index contributed by atoms with van der Waals surface area (Å²) < 4.78 is 5.32. The second-order valence-corrected chi connectivity index (χ2v) is 4.53. The van der Waals surface area contributed by atoms with Gasteiger partial charge in [-0.3, -0.25) is 4.79 Å². The Labute approximate surface area is 114 Å². The topological polar surface area (TPSA) is 38.3 Å². The molecule has 0 bridgehead atoms. The predicted molar refractivity (Wildman–Crippen MR) is 74.2 cm³/mol. The number of ether oxygens (including phenoxy) is 1. The Morgan fingerprint density at radius 3 is 2.72 bits per heavy atom. The van der Waals surface area contributed by atoms with Crippen molar-refractivity contribution >= 4 is 17.5 Å². The van der Waals surface area contributed by atoms with Gasteiger partial charge < -0.3 is 10.1 Å². The van der Waals surface area contributed by atoms with E-state index in [0.29, 0.717) is 11.8 Å². The zero-order valence-electron chi connectivity index (χ0n) is 10.5. The first kappa shape index (κ1) is 14.8. The van der Waals surface area contributed by atoms with Crippen molar-refractivity contribution in [1.29, 1.82) is 0 Å². The van der Waals surface area contributed by atoms with Crippen LogP contribution in [0.15, 0.2) is 36.1 Å². The van der Waals surface area contributed by atoms with Gasteiger partial charge >= 0.3 is 0 Å². The number of amides is 1. The SMILES string of the molecule is C=C/C(=C\C=C\Cl)OCC(=O)NC1CCCCC1. The summed E-state index contributed by atoms with van der Waals surface area (Å²) in [6.07, 6.45) is 10.7. The Balaban J connectivity index is 2.28. The van der Waals surface area contributed by atoms with Crippen molar-refractivity contribution in [3.8, 4) is 0 Å². The highest BCUT2D eigenvalue weighted by atomic mass is 35.5. The van der Waals surface area contributed by atoms with Crippen LogP contribution in [0.2, 0.25) is 0 Å². The third kappa shape index (κ3) is 5.92. The molecule has 1 fully saturated rings. The molecule has 100 valence electrons. The molecule has 0 atom stereocenters. The van der Waals surface area contributed by atoms with E-state index in [4.69, 9.17) is 16.3 Å². The van der Waals surface area contributed by atoms with Crippen LogP contribution in [-0.2, 0) is 9.53 Å². The highest BCUT2D eigenvalue weighted by molar-refractivity contribution is 6.25. The second-order valence-electron chi connectivity index (χ2n) is 4.28. The first-order chi connectivity index (χ1) is 8.76. The summed E-state index contributed by atoms with van der Waals surface area (Å²) in [5.41, 5.74) is 1.37. The molecular formula is C14H20ClNO2. The van der Waals surface area contributed by atoms with Gasteiger partial charge in [0.05, 0.1) is 0 Å². The molecule has 1 saturated carbocycles. The fraction of sp³-hybridized carbons (Fsp3) is 0.500. The zero-order valence-corrected chi connectivity index (χ0v) is 11.3. The standard InChI is InChI=1S/C14H20ClNO2/c1-2-13(9-6-10-15)18-11-14(17)16-12-7-4-3-5-8-12/h2,6,9-10,12H,1,3-5,7-8,11H2,(H,16,17)/b10-6+,13-9+. The van der Waals surface area contributed by atoms with Crippen LogP contribution in [0.25, 0.3) is 0 Å². The van der Waals surface area contributed by atoms with Crippen molar-refractivity contribution in [2.24, 2.45) is 0 Å². The molecule has 1 aliphatic rings. The summed E-state index contributed by atoms with van der Waals surface area (Å²) in [7, 11) is 0. The van der Waals surface area contributed by atoms with Crippen LogP contribution in [0, 0.1) is 0 Å². The monoisotopic (exact) mass is 269 g/mol. The average Bonchev–Trinajstić information content (AvgIpc) is 2.40. The summed E-state index contributed by atoms with van der Waals surface area (Å²) in [5.74, 6) is 0.454. The molecule has 0 radical (unpaired) electrons. The Bertz CT molecular complexity index is 331. The first-order valence-corrected chi connectivity index (χ1v) is 6.71. The zero-order chi connectivity index (χ0) is 13.2. The number of rotatable bonds is 6. The van der Waals surface area contributed by atoms with Crippen molar-refractivity contribution in [3.63, 3.8) is 0 Å². The smallest absolute Gasteiger partial charge is 0.258 e. The van der Waals surface area contributed by atoms with Crippen molar-refractivity contribution in [1.82, 2.24) is 5.32 Å². The molecule has 0 aromatic carbocycles. The maximum Gasteiger partial charge on any atom is 0.258 e. The van der Waals surface area contributed by atoms with Crippen LogP contribution in [-0.4, -0.2) is 18.6 Å². The molecule has 0 spiro atoms. The van der Waals surface area contributed by atoms with Crippen LogP contribution in [0.1, 0.15) is 32.1 Å². The molecule has 0 unspecified atom stereocenters. The highest BCUT2D eigenvalue weighted by Crippen LogP contribution is 2.17. The maximum absolute atomic E-state index is 11.7. The lowest BCUT2D eigenvalue weighted by molar-refractivity contribution is -0.125. The van der Waals surface area contributed by atoms with Gasteiger partial charge in [-0.05, 0) is 31.1 Å². The molecule has 18 heavy (non-hydrogen) atoms. The van der Waals surface area contributed by atoms with E-state index in [1.807, 2.05) is 0 Å². The van der Waals surface area contributed by atoms with Crippen LogP contribution in [0.5, 0.6) is 0 Å². The van der Waals surface area contributed by atoms with Gasteiger partial charge in [-0.1, -0.05) is 37.4 Å². The fourth-order valence-corrected chi connectivity index (χ4v) is 2.04. The fourth-order valence-electron chi connectivity index (χ4n) is 1.97. The quantitative estimate of drug-likeness (QED) is 0.594. The molecule has 1 N–H and O–H groups in total. The summed E-state index contributed by atoms with van der Waals surface area (Å²) >= 11 is 5.40. The molecule has 3 nitrogen and oxygen atoms in total. The lowest BCUT2D eigenvalue weighted by atomic mass is 9.95. The van der Waals surface area contributed by atoms with Gasteiger partial charge in [-0.2, -0.15) is 0 Å². The summed E-state index contributed by atoms with van der Waals surface area (Å²) in [6, 6.07) is 0.314. The van der Waals surface area contributed by atoms with E-state index in [0.717, 1.165) is 12.8 Å². The summed E-state index contributed by atoms with van der Waals surface area (Å²) in [5, 5.41) is 2.98. The number of allylic oxidation sites excluding steroid dienone is 3. The Hall–Kier alpha value is -1.22. The number of carbonyl (C=O) groups excluding carboxylic acids is 1. The molecule has 1 aliphatic carbocycles. The Kier molecular flexibility index (Phi) is 7.26. The third-order valence-electron chi connectivity index (χ3n) is 2.87. The van der Waals surface area contributed by atoms with Crippen LogP contribution in [0.3, 0.4) is 0 Å². The summed E-state index contributed by atoms with van der Waals surface area (Å²) in [6.45, 7) is 3.62. The van der Waals surface area contributed by atoms with Crippen molar-refractivity contribution in [2.45, 2.75) is 38.1 Å². The van der Waals surface area contributed by atoms with Gasteiger partial charge in [-0.15, -0.1) is 0 Å². The van der Waals surface area contributed by atoms with Crippen molar-refractivity contribution in [3.05, 3.63) is 36.1 Å². The first-order valence-electron chi connectivity index (χ1n) is 6.28. The van der Waals surface area contributed by atoms with Gasteiger partial charge in [-0.25, -0.2) is 0 Å². The van der Waals surface area contributed by atoms with Gasteiger partial charge in [0.1, 0.15) is 5.76 Å². The minimum Gasteiger partial charge on any atom is -0.484 e. The number of hydrogen-bond acceptors (Lipinski definition) is 2. The van der Waals surface area contributed by atoms with Gasteiger partial charge in [0.15, 0.2) is 6.61 Å². The van der Waals surface area contributed by atoms with E-state index >= 15 is 0 Å². The minimum absolute atomic E-state index is 0.0183. The molecular weight excluding hydrogens is 250 g/mol. The predicted octanol–water partition coefficient (Wildman–Crippen LogP) is 3.27. The highest BCUT2D eigenvalue weighted by Gasteiger charge is 2.15. The Morgan fingerprint density at radius 1 is 1.39 bits per heavy atom. The average molecular weight is 270 g/mol. The molecule has 1 rings (SSSR count). The molecule has 0 aromatic rings. The van der Waals surface area contributed by atoms with Gasteiger partial charge in [0, 0.05) is 11.6 Å². The lowest BCUT2D eigenvalue weighted by Crippen LogP contribution is -2.38. The number of carbonyl (C=O) groups is 1. The van der Waals surface area contributed by atoms with Crippen molar-refractivity contribution in [2.75, 3.05) is 6.61 Å². The molecule has 0 heterocycles. The van der Waals surface area contributed by atoms with E-state index in [-0.39, 0.29) is 12.5 Å².